The molecule has 19 N–H and O–H groups in total. The summed E-state index contributed by atoms with van der Waals surface area (Å²) >= 11 is 3.79. The number of aliphatic carboxylic acids is 5. The quantitative estimate of drug-likeness (QED) is 0.0128. The van der Waals surface area contributed by atoms with Crippen LogP contribution in [0, 0.1) is 0 Å². The van der Waals surface area contributed by atoms with Gasteiger partial charge in [0.15, 0.2) is 17.1 Å². The maximum absolute atomic E-state index is 13.8. The van der Waals surface area contributed by atoms with Gasteiger partial charge in [-0.2, -0.15) is 17.6 Å². The third-order valence-corrected chi connectivity index (χ3v) is 10.2. The number of aromatic nitrogens is 4. The molecule has 6 amide bonds. The number of nitrogens with one attached hydrogen (secondary N) is 8. The van der Waals surface area contributed by atoms with Crippen molar-refractivity contribution in [2.45, 2.75) is 87.7 Å². The summed E-state index contributed by atoms with van der Waals surface area (Å²) in [6.45, 7) is -0.129. The lowest BCUT2D eigenvalue weighted by Crippen LogP contribution is -2.60. The lowest BCUT2D eigenvalue weighted by molar-refractivity contribution is -0.144. The summed E-state index contributed by atoms with van der Waals surface area (Å²) in [6.07, 6.45) is -4.04. The van der Waals surface area contributed by atoms with Gasteiger partial charge in [0, 0.05) is 30.0 Å². The number of carbonyl (C=O) groups excluding carboxylic acids is 6. The van der Waals surface area contributed by atoms with Gasteiger partial charge in [-0.05, 0) is 43.5 Å². The van der Waals surface area contributed by atoms with Gasteiger partial charge in [-0.25, -0.2) is 14.8 Å². The van der Waals surface area contributed by atoms with Gasteiger partial charge in [0.2, 0.25) is 35.5 Å². The van der Waals surface area contributed by atoms with E-state index >= 15 is 0 Å². The van der Waals surface area contributed by atoms with Gasteiger partial charge in [-0.3, -0.25) is 62.7 Å². The summed E-state index contributed by atoms with van der Waals surface area (Å²) in [5.41, 5.74) is 16.3. The molecule has 1 aromatic carbocycles. The number of carbonyl (C=O) groups is 11. The molecule has 0 radical (unpaired) electrons. The zero-order valence-corrected chi connectivity index (χ0v) is 38.9. The third kappa shape index (κ3) is 19.6. The molecule has 0 spiro atoms. The van der Waals surface area contributed by atoms with Crippen molar-refractivity contribution in [3.63, 3.8) is 0 Å². The minimum atomic E-state index is -2.12. The SMILES string of the molecule is NC(N)=NCCC[C@H](NC(=O)[C@H](CC(=O)O)NC(=O)[C@H](CCC(=O)O)NC(=O)c1ccc(NCc2cnc3nc(N)[nH]c(=O)c3n2)cc1)C(=O)N[C@@H](CC(=O)O)C(=O)N[C@@H](CC(=O)O)C(=O)N[C@@H](CS)C(=O)O. The minimum absolute atomic E-state index is 0.0255. The molecule has 0 aliphatic heterocycles. The second kappa shape index (κ2) is 27.9. The van der Waals surface area contributed by atoms with Crippen molar-refractivity contribution in [3.05, 3.63) is 52.1 Å². The number of nitrogens with zero attached hydrogens (tertiary/aromatic N) is 4. The highest BCUT2D eigenvalue weighted by molar-refractivity contribution is 7.80. The number of H-pyrrole nitrogens is 1. The van der Waals surface area contributed by atoms with Crippen molar-refractivity contribution in [1.82, 2.24) is 51.8 Å². The summed E-state index contributed by atoms with van der Waals surface area (Å²) < 4.78 is 0. The fourth-order valence-electron chi connectivity index (χ4n) is 6.24. The smallest absolute Gasteiger partial charge is 0.327 e. The van der Waals surface area contributed by atoms with Gasteiger partial charge in [-0.1, -0.05) is 0 Å². The van der Waals surface area contributed by atoms with Crippen molar-refractivity contribution in [2.75, 3.05) is 23.3 Å². The molecule has 73 heavy (non-hydrogen) atoms. The molecule has 3 aromatic rings. The number of guanidine groups is 1. The maximum atomic E-state index is 13.8. The minimum Gasteiger partial charge on any atom is -0.481 e. The molecule has 0 aliphatic rings. The number of fused-ring (bicyclic) bond motifs is 1. The molecule has 3 rings (SSSR count). The number of anilines is 2. The maximum Gasteiger partial charge on any atom is 0.327 e. The Labute approximate surface area is 415 Å². The summed E-state index contributed by atoms with van der Waals surface area (Å²) in [7, 11) is 0. The predicted molar refractivity (Wildman–Crippen MR) is 252 cm³/mol. The summed E-state index contributed by atoms with van der Waals surface area (Å²) in [5.74, 6) is -16.7. The third-order valence-electron chi connectivity index (χ3n) is 9.79. The zero-order valence-electron chi connectivity index (χ0n) is 38.0. The summed E-state index contributed by atoms with van der Waals surface area (Å²) in [4.78, 5) is 170. The number of hydrogen-bond donors (Lipinski definition) is 17. The van der Waals surface area contributed by atoms with Crippen LogP contribution in [0.5, 0.6) is 0 Å². The number of hydrogen-bond acceptors (Lipinski definition) is 19. The van der Waals surface area contributed by atoms with Crippen LogP contribution in [-0.2, 0) is 54.5 Å². The van der Waals surface area contributed by atoms with Crippen molar-refractivity contribution in [1.29, 1.82) is 0 Å². The number of carboxylic acid groups (broad SMARTS) is 5. The standard InChI is InChI=1S/C40H51N15O17S/c41-39(42)44-9-1-2-19(32(65)50-22(11-27(60)61)35(68)52-23(12-28(62)63)36(69)53-24(15-73)38(71)72)49-34(67)21(10-26(58)59)51-33(66)20(7-8-25(56)57)48-31(64)16-3-5-17(6-4-16)45-13-18-14-46-30-29(47-18)37(70)55-40(43)54-30/h3-6,14,19-24,45,73H,1-2,7-13,15H2,(H,48,64)(H,49,67)(H,50,65)(H,51,66)(H,52,68)(H,53,69)(H,56,57)(H,58,59)(H,60,61)(H,62,63)(H,71,72)(H4,41,42,44)(H3,43,46,54,55,70)/t19-,20-,21-,22-,23-,24-/m0/s1. The van der Waals surface area contributed by atoms with Crippen molar-refractivity contribution in [2.24, 2.45) is 16.5 Å². The van der Waals surface area contributed by atoms with Crippen LogP contribution >= 0.6 is 12.6 Å². The number of rotatable bonds is 30. The molecule has 0 saturated heterocycles. The molecule has 0 aliphatic carbocycles. The zero-order chi connectivity index (χ0) is 54.5. The second-order valence-electron chi connectivity index (χ2n) is 15.4. The first-order chi connectivity index (χ1) is 34.4. The second-order valence-corrected chi connectivity index (χ2v) is 15.8. The Morgan fingerprint density at radius 1 is 0.644 bits per heavy atom. The Bertz CT molecular complexity index is 2670. The Hall–Kier alpha value is -9.17. The van der Waals surface area contributed by atoms with Crippen LogP contribution in [-0.4, -0.2) is 165 Å². The van der Waals surface area contributed by atoms with Gasteiger partial charge in [0.1, 0.15) is 36.3 Å². The van der Waals surface area contributed by atoms with Gasteiger partial charge >= 0.3 is 29.8 Å². The van der Waals surface area contributed by atoms with Crippen molar-refractivity contribution in [3.8, 4) is 0 Å². The molecule has 2 aromatic heterocycles. The average Bonchev–Trinajstić information content (AvgIpc) is 3.30. The molecular formula is C40H51N15O17S. The van der Waals surface area contributed by atoms with Crippen LogP contribution < -0.4 is 60.0 Å². The topological polar surface area (TPSA) is 535 Å². The fraction of sp³-hybridized carbons (Fsp3) is 0.400. The van der Waals surface area contributed by atoms with E-state index in [-0.39, 0.29) is 48.1 Å². The molecule has 0 unspecified atom stereocenters. The van der Waals surface area contributed by atoms with E-state index in [1.54, 1.807) is 0 Å². The monoisotopic (exact) mass is 1050 g/mol. The van der Waals surface area contributed by atoms with Crippen LogP contribution in [0.25, 0.3) is 11.2 Å². The molecule has 0 bridgehead atoms. The molecule has 2 heterocycles. The van der Waals surface area contributed by atoms with Gasteiger partial charge in [-0.15, -0.1) is 0 Å². The molecule has 33 heteroatoms. The van der Waals surface area contributed by atoms with Crippen LogP contribution in [0.2, 0.25) is 0 Å². The Morgan fingerprint density at radius 3 is 1.59 bits per heavy atom. The lowest BCUT2D eigenvalue weighted by atomic mass is 10.1. The molecule has 394 valence electrons. The highest BCUT2D eigenvalue weighted by Crippen LogP contribution is 2.13. The first kappa shape index (κ1) is 58.1. The number of aromatic amines is 1. The first-order valence-electron chi connectivity index (χ1n) is 21.3. The van der Waals surface area contributed by atoms with E-state index in [2.05, 4.69) is 64.1 Å². The van der Waals surface area contributed by atoms with Crippen LogP contribution in [0.1, 0.15) is 61.0 Å². The highest BCUT2D eigenvalue weighted by Gasteiger charge is 2.35. The number of thiol groups is 1. The van der Waals surface area contributed by atoms with E-state index in [1.165, 1.54) is 30.5 Å². The van der Waals surface area contributed by atoms with Crippen LogP contribution in [0.15, 0.2) is 40.2 Å². The normalized spacial score (nSPS) is 13.2. The number of amides is 6. The molecule has 6 atom stereocenters. The predicted octanol–water partition coefficient (Wildman–Crippen LogP) is -5.21. The summed E-state index contributed by atoms with van der Waals surface area (Å²) in [6, 6.07) is -5.84. The van der Waals surface area contributed by atoms with E-state index in [4.69, 9.17) is 17.2 Å². The molecule has 0 saturated carbocycles. The highest BCUT2D eigenvalue weighted by atomic mass is 32.1. The Kier molecular flexibility index (Phi) is 22.2. The number of benzene rings is 1. The van der Waals surface area contributed by atoms with E-state index in [0.717, 1.165) is 0 Å². The first-order valence-corrected chi connectivity index (χ1v) is 21.9. The fourth-order valence-corrected chi connectivity index (χ4v) is 6.49. The van der Waals surface area contributed by atoms with Crippen LogP contribution in [0.4, 0.5) is 11.6 Å². The van der Waals surface area contributed by atoms with Gasteiger partial charge in [0.25, 0.3) is 11.5 Å². The summed E-state index contributed by atoms with van der Waals surface area (Å²) in [5, 5.41) is 62.9. The van der Waals surface area contributed by atoms with E-state index in [9.17, 15) is 83.1 Å². The average molecular weight is 1050 g/mol. The van der Waals surface area contributed by atoms with Crippen LogP contribution in [0.3, 0.4) is 0 Å². The lowest BCUT2D eigenvalue weighted by Gasteiger charge is -2.26. The van der Waals surface area contributed by atoms with E-state index in [1.807, 2.05) is 10.6 Å². The Morgan fingerprint density at radius 2 is 1.12 bits per heavy atom. The van der Waals surface area contributed by atoms with Gasteiger partial charge < -0.3 is 80.0 Å². The Balaban J connectivity index is 1.82. The van der Waals surface area contributed by atoms with Gasteiger partial charge in [0.05, 0.1) is 37.7 Å². The van der Waals surface area contributed by atoms with E-state index < -0.39 is 151 Å². The molecule has 32 nitrogen and oxygen atoms in total. The van der Waals surface area contributed by atoms with Crippen molar-refractivity contribution >= 4 is 107 Å². The number of aliphatic imine (C=N–C) groups is 1. The van der Waals surface area contributed by atoms with Crippen molar-refractivity contribution < 1.29 is 78.3 Å². The number of nitrogens with two attached hydrogens (primary N) is 3. The van der Waals surface area contributed by atoms with E-state index in [0.29, 0.717) is 11.4 Å². The number of carboxylic acids is 5. The molecular weight excluding hydrogens is 995 g/mol. The largest absolute Gasteiger partial charge is 0.481 e. The number of nitrogen functional groups attached to an aromatic ring is 1. The molecule has 0 fully saturated rings.